The molecule has 1 aliphatic carbocycles. The molecule has 0 aliphatic heterocycles. The summed E-state index contributed by atoms with van der Waals surface area (Å²) in [4.78, 5) is 16.4. The third-order valence-electron chi connectivity index (χ3n) is 3.27. The number of hydrogen-bond acceptors (Lipinski definition) is 5. The predicted molar refractivity (Wildman–Crippen MR) is 68.5 cm³/mol. The van der Waals surface area contributed by atoms with Gasteiger partial charge in [0.1, 0.15) is 0 Å². The number of carbonyl (C=O) groups excluding carboxylic acids is 1. The van der Waals surface area contributed by atoms with Crippen molar-refractivity contribution in [1.29, 1.82) is 0 Å². The first-order chi connectivity index (χ1) is 8.44. The fraction of sp³-hybridized carbons (Fsp3) is 0.636. The Balaban J connectivity index is 1.97. The number of carbonyl (C=O) groups is 1. The molecule has 0 atom stereocenters. The molecule has 0 radical (unpaired) electrons. The van der Waals surface area contributed by atoms with E-state index in [4.69, 9.17) is 22.5 Å². The van der Waals surface area contributed by atoms with Gasteiger partial charge in [0, 0.05) is 0 Å². The third kappa shape index (κ3) is 2.22. The minimum absolute atomic E-state index is 0.149. The van der Waals surface area contributed by atoms with Gasteiger partial charge in [0.05, 0.1) is 16.9 Å². The molecule has 6 nitrogen and oxygen atoms in total. The van der Waals surface area contributed by atoms with Crippen molar-refractivity contribution in [2.45, 2.75) is 33.2 Å². The molecule has 1 aromatic heterocycles. The fourth-order valence-corrected chi connectivity index (χ4v) is 2.62. The second-order valence-electron chi connectivity index (χ2n) is 4.88. The van der Waals surface area contributed by atoms with Crippen molar-refractivity contribution in [3.8, 4) is 0 Å². The number of nitrogens with two attached hydrogens (primary N) is 1. The number of thiocarbonyl (C=S) groups is 1. The second kappa shape index (κ2) is 4.64. The van der Waals surface area contributed by atoms with E-state index in [1.165, 1.54) is 0 Å². The lowest BCUT2D eigenvalue weighted by Gasteiger charge is -2.43. The van der Waals surface area contributed by atoms with Crippen LogP contribution in [0.15, 0.2) is 4.52 Å². The van der Waals surface area contributed by atoms with E-state index >= 15 is 0 Å². The van der Waals surface area contributed by atoms with Crippen LogP contribution in [0.4, 0.5) is 0 Å². The summed E-state index contributed by atoms with van der Waals surface area (Å²) in [6.45, 7) is 4.00. The van der Waals surface area contributed by atoms with Crippen molar-refractivity contribution in [3.63, 3.8) is 0 Å². The Hall–Kier alpha value is -1.50. The minimum atomic E-state index is -0.691. The quantitative estimate of drug-likeness (QED) is 0.781. The Morgan fingerprint density at radius 1 is 1.67 bits per heavy atom. The summed E-state index contributed by atoms with van der Waals surface area (Å²) in [5.41, 5.74) is 5.00. The molecule has 0 spiro atoms. The van der Waals surface area contributed by atoms with E-state index in [0.29, 0.717) is 30.5 Å². The lowest BCUT2D eigenvalue weighted by atomic mass is 9.62. The molecule has 1 fully saturated rings. The molecule has 1 aliphatic rings. The Morgan fingerprint density at radius 3 is 2.78 bits per heavy atom. The van der Waals surface area contributed by atoms with Crippen molar-refractivity contribution >= 4 is 23.1 Å². The first-order valence-electron chi connectivity index (χ1n) is 5.81. The molecule has 1 amide bonds. The van der Waals surface area contributed by atoms with E-state index in [-0.39, 0.29) is 17.4 Å². The Bertz CT molecular complexity index is 479. The molecule has 0 saturated heterocycles. The first kappa shape index (κ1) is 12.9. The van der Waals surface area contributed by atoms with E-state index in [2.05, 4.69) is 22.4 Å². The average Bonchev–Trinajstić information content (AvgIpc) is 2.67. The number of aryl methyl sites for hydroxylation is 1. The summed E-state index contributed by atoms with van der Waals surface area (Å²) in [6, 6.07) is 0. The van der Waals surface area contributed by atoms with Crippen LogP contribution in [-0.4, -0.2) is 21.0 Å². The van der Waals surface area contributed by atoms with Crippen LogP contribution in [0, 0.1) is 18.3 Å². The van der Waals surface area contributed by atoms with Crippen LogP contribution in [0.3, 0.4) is 0 Å². The van der Waals surface area contributed by atoms with Crippen LogP contribution in [0.25, 0.3) is 0 Å². The fourth-order valence-electron chi connectivity index (χ4n) is 2.37. The highest BCUT2D eigenvalue weighted by Gasteiger charge is 2.50. The maximum atomic E-state index is 12.1. The molecule has 0 bridgehead atoms. The zero-order valence-corrected chi connectivity index (χ0v) is 11.2. The smallest absolute Gasteiger partial charge is 0.246 e. The van der Waals surface area contributed by atoms with Crippen LogP contribution in [0.2, 0.25) is 0 Å². The Labute approximate surface area is 110 Å². The van der Waals surface area contributed by atoms with Gasteiger partial charge < -0.3 is 15.6 Å². The zero-order chi connectivity index (χ0) is 13.3. The molecule has 7 heteroatoms. The molecule has 1 heterocycles. The Morgan fingerprint density at radius 2 is 2.33 bits per heavy atom. The van der Waals surface area contributed by atoms with Gasteiger partial charge >= 0.3 is 0 Å². The van der Waals surface area contributed by atoms with E-state index < -0.39 is 5.41 Å². The molecule has 98 valence electrons. The number of nitrogens with one attached hydrogen (secondary N) is 1. The van der Waals surface area contributed by atoms with Gasteiger partial charge in [-0.05, 0) is 25.7 Å². The van der Waals surface area contributed by atoms with Crippen molar-refractivity contribution in [1.82, 2.24) is 15.5 Å². The van der Waals surface area contributed by atoms with Gasteiger partial charge in [0.25, 0.3) is 0 Å². The topological polar surface area (TPSA) is 94.0 Å². The minimum Gasteiger partial charge on any atom is -0.392 e. The molecule has 0 aromatic carbocycles. The van der Waals surface area contributed by atoms with Gasteiger partial charge in [-0.15, -0.1) is 0 Å². The van der Waals surface area contributed by atoms with Crippen LogP contribution < -0.4 is 11.1 Å². The molecule has 3 N–H and O–H groups in total. The van der Waals surface area contributed by atoms with E-state index in [0.717, 1.165) is 0 Å². The molecule has 2 rings (SSSR count). The summed E-state index contributed by atoms with van der Waals surface area (Å²) < 4.78 is 4.92. The number of amides is 1. The van der Waals surface area contributed by atoms with Crippen molar-refractivity contribution < 1.29 is 9.32 Å². The van der Waals surface area contributed by atoms with Gasteiger partial charge in [0.2, 0.25) is 11.8 Å². The summed E-state index contributed by atoms with van der Waals surface area (Å²) in [5, 5.41) is 6.40. The second-order valence-corrected chi connectivity index (χ2v) is 5.32. The highest BCUT2D eigenvalue weighted by Crippen LogP contribution is 2.45. The average molecular weight is 268 g/mol. The van der Waals surface area contributed by atoms with Gasteiger partial charge in [-0.25, -0.2) is 0 Å². The summed E-state index contributed by atoms with van der Waals surface area (Å²) in [5.74, 6) is 1.25. The van der Waals surface area contributed by atoms with E-state index in [1.807, 2.05) is 0 Å². The maximum absolute atomic E-state index is 12.1. The van der Waals surface area contributed by atoms with Crippen molar-refractivity contribution in [3.05, 3.63) is 11.7 Å². The van der Waals surface area contributed by atoms with Gasteiger partial charge in [0.15, 0.2) is 5.82 Å². The van der Waals surface area contributed by atoms with Crippen molar-refractivity contribution in [2.75, 3.05) is 0 Å². The zero-order valence-electron chi connectivity index (χ0n) is 10.4. The monoisotopic (exact) mass is 268 g/mol. The van der Waals surface area contributed by atoms with Crippen LogP contribution >= 0.6 is 12.2 Å². The standard InChI is InChI=1S/C11H16N4O2S/c1-6-3-11(4-6,9(12)18)10(16)13-5-8-14-7(2)15-17-8/h6H,3-5H2,1-2H3,(H2,12,18)(H,13,16). The van der Waals surface area contributed by atoms with Crippen LogP contribution in [0.1, 0.15) is 31.5 Å². The van der Waals surface area contributed by atoms with Gasteiger partial charge in [-0.2, -0.15) is 4.98 Å². The highest BCUT2D eigenvalue weighted by molar-refractivity contribution is 7.80. The normalized spacial score (nSPS) is 26.4. The number of aromatic nitrogens is 2. The van der Waals surface area contributed by atoms with E-state index in [9.17, 15) is 4.79 Å². The largest absolute Gasteiger partial charge is 0.392 e. The summed E-state index contributed by atoms with van der Waals surface area (Å²) >= 11 is 5.01. The summed E-state index contributed by atoms with van der Waals surface area (Å²) in [6.07, 6.45) is 1.41. The maximum Gasteiger partial charge on any atom is 0.246 e. The van der Waals surface area contributed by atoms with Gasteiger partial charge in [-0.1, -0.05) is 24.3 Å². The molecule has 0 unspecified atom stereocenters. The first-order valence-corrected chi connectivity index (χ1v) is 6.22. The molecule has 18 heavy (non-hydrogen) atoms. The van der Waals surface area contributed by atoms with Crippen molar-refractivity contribution in [2.24, 2.45) is 17.1 Å². The number of hydrogen-bond donors (Lipinski definition) is 2. The molecular formula is C11H16N4O2S. The SMILES string of the molecule is Cc1noc(CNC(=O)C2(C(N)=S)CC(C)C2)n1. The summed E-state index contributed by atoms with van der Waals surface area (Å²) in [7, 11) is 0. The molecular weight excluding hydrogens is 252 g/mol. The third-order valence-corrected chi connectivity index (χ3v) is 3.66. The molecule has 1 saturated carbocycles. The highest BCUT2D eigenvalue weighted by atomic mass is 32.1. The van der Waals surface area contributed by atoms with Crippen LogP contribution in [-0.2, 0) is 11.3 Å². The van der Waals surface area contributed by atoms with Gasteiger partial charge in [-0.3, -0.25) is 4.79 Å². The molecule has 1 aromatic rings. The van der Waals surface area contributed by atoms with Crippen LogP contribution in [0.5, 0.6) is 0 Å². The number of nitrogens with zero attached hydrogens (tertiary/aromatic N) is 2. The Kier molecular flexibility index (Phi) is 3.34. The number of rotatable bonds is 4. The lowest BCUT2D eigenvalue weighted by molar-refractivity contribution is -0.133. The van der Waals surface area contributed by atoms with E-state index in [1.54, 1.807) is 6.92 Å². The predicted octanol–water partition coefficient (Wildman–Crippen LogP) is 0.697. The lowest BCUT2D eigenvalue weighted by Crippen LogP contribution is -2.55.